The van der Waals surface area contributed by atoms with E-state index in [1.807, 2.05) is 48.5 Å². The van der Waals surface area contributed by atoms with Crippen LogP contribution in [0.25, 0.3) is 28.0 Å². The standard InChI is InChI=1S/C27H23N5OS/c33-26(28-18-17-20-7-3-1-4-8-20)19-34-27-30-29-25-16-15-24(31-32(25)27)23-13-11-22(12-14-23)21-9-5-2-6-10-21/h1-16H,17-19H2,(H,28,33). The number of fused-ring (bicyclic) bond motifs is 1. The Hall–Kier alpha value is -3.97. The summed E-state index contributed by atoms with van der Waals surface area (Å²) in [5, 5.41) is 16.7. The molecule has 0 saturated carbocycles. The first kappa shape index (κ1) is 21.9. The molecule has 0 spiro atoms. The second-order valence-electron chi connectivity index (χ2n) is 7.79. The molecule has 0 fully saturated rings. The number of amides is 1. The zero-order valence-corrected chi connectivity index (χ0v) is 19.3. The van der Waals surface area contributed by atoms with Crippen molar-refractivity contribution >= 4 is 23.3 Å². The minimum absolute atomic E-state index is 0.0367. The van der Waals surface area contributed by atoms with E-state index in [1.54, 1.807) is 4.52 Å². The maximum Gasteiger partial charge on any atom is 0.230 e. The molecule has 0 aliphatic rings. The number of carbonyl (C=O) groups is 1. The van der Waals surface area contributed by atoms with Crippen LogP contribution in [-0.4, -0.2) is 38.0 Å². The largest absolute Gasteiger partial charge is 0.355 e. The molecular formula is C27H23N5OS. The van der Waals surface area contributed by atoms with Crippen molar-refractivity contribution in [1.82, 2.24) is 25.1 Å². The molecule has 34 heavy (non-hydrogen) atoms. The molecule has 0 aliphatic carbocycles. The molecule has 3 aromatic carbocycles. The fourth-order valence-electron chi connectivity index (χ4n) is 3.65. The number of carbonyl (C=O) groups excluding carboxylic acids is 1. The molecule has 1 amide bonds. The van der Waals surface area contributed by atoms with E-state index in [9.17, 15) is 4.79 Å². The van der Waals surface area contributed by atoms with Crippen molar-refractivity contribution in [3.63, 3.8) is 0 Å². The van der Waals surface area contributed by atoms with Crippen LogP contribution in [0.15, 0.2) is 102 Å². The van der Waals surface area contributed by atoms with Crippen molar-refractivity contribution in [2.45, 2.75) is 11.6 Å². The quantitative estimate of drug-likeness (QED) is 0.330. The highest BCUT2D eigenvalue weighted by molar-refractivity contribution is 7.99. The van der Waals surface area contributed by atoms with E-state index in [1.165, 1.54) is 22.9 Å². The van der Waals surface area contributed by atoms with Gasteiger partial charge < -0.3 is 5.32 Å². The Morgan fingerprint density at radius 1 is 0.765 bits per heavy atom. The van der Waals surface area contributed by atoms with Gasteiger partial charge in [0.05, 0.1) is 11.4 Å². The van der Waals surface area contributed by atoms with Crippen molar-refractivity contribution in [1.29, 1.82) is 0 Å². The topological polar surface area (TPSA) is 72.2 Å². The van der Waals surface area contributed by atoms with Crippen LogP contribution in [0.1, 0.15) is 5.56 Å². The van der Waals surface area contributed by atoms with E-state index in [4.69, 9.17) is 5.10 Å². The molecule has 0 atom stereocenters. The fourth-order valence-corrected chi connectivity index (χ4v) is 4.37. The lowest BCUT2D eigenvalue weighted by atomic mass is 10.0. The summed E-state index contributed by atoms with van der Waals surface area (Å²) in [6, 6.07) is 32.5. The normalized spacial score (nSPS) is 10.9. The minimum atomic E-state index is -0.0367. The zero-order valence-electron chi connectivity index (χ0n) is 18.5. The van der Waals surface area contributed by atoms with Gasteiger partial charge in [0.15, 0.2) is 5.65 Å². The first-order valence-corrected chi connectivity index (χ1v) is 12.1. The van der Waals surface area contributed by atoms with E-state index < -0.39 is 0 Å². The summed E-state index contributed by atoms with van der Waals surface area (Å²) in [6.45, 7) is 0.603. The van der Waals surface area contributed by atoms with Crippen LogP contribution in [-0.2, 0) is 11.2 Å². The van der Waals surface area contributed by atoms with Gasteiger partial charge in [-0.05, 0) is 35.2 Å². The van der Waals surface area contributed by atoms with Gasteiger partial charge in [-0.15, -0.1) is 10.2 Å². The van der Waals surface area contributed by atoms with Gasteiger partial charge in [0.25, 0.3) is 0 Å². The van der Waals surface area contributed by atoms with E-state index in [2.05, 4.69) is 64.0 Å². The predicted molar refractivity (Wildman–Crippen MR) is 136 cm³/mol. The summed E-state index contributed by atoms with van der Waals surface area (Å²) in [6.07, 6.45) is 0.805. The lowest BCUT2D eigenvalue weighted by Gasteiger charge is -2.06. The monoisotopic (exact) mass is 465 g/mol. The number of aromatic nitrogens is 4. The van der Waals surface area contributed by atoms with Crippen LogP contribution in [0, 0.1) is 0 Å². The average Bonchev–Trinajstić information content (AvgIpc) is 3.31. The third kappa shape index (κ3) is 5.15. The van der Waals surface area contributed by atoms with Crippen molar-refractivity contribution in [2.24, 2.45) is 0 Å². The molecule has 6 nitrogen and oxygen atoms in total. The van der Waals surface area contributed by atoms with Gasteiger partial charge in [-0.25, -0.2) is 0 Å². The Balaban J connectivity index is 1.23. The van der Waals surface area contributed by atoms with Crippen LogP contribution < -0.4 is 5.32 Å². The van der Waals surface area contributed by atoms with Gasteiger partial charge >= 0.3 is 0 Å². The van der Waals surface area contributed by atoms with Crippen molar-refractivity contribution in [3.8, 4) is 22.4 Å². The van der Waals surface area contributed by atoms with E-state index in [0.717, 1.165) is 23.2 Å². The maximum atomic E-state index is 12.3. The second-order valence-corrected chi connectivity index (χ2v) is 8.73. The number of nitrogens with one attached hydrogen (secondary N) is 1. The minimum Gasteiger partial charge on any atom is -0.355 e. The van der Waals surface area contributed by atoms with Crippen molar-refractivity contribution < 1.29 is 4.79 Å². The van der Waals surface area contributed by atoms with Crippen molar-refractivity contribution in [3.05, 3.63) is 103 Å². The molecule has 0 saturated heterocycles. The van der Waals surface area contributed by atoms with Crippen LogP contribution in [0.5, 0.6) is 0 Å². The van der Waals surface area contributed by atoms with Gasteiger partial charge in [0.2, 0.25) is 11.1 Å². The molecule has 7 heteroatoms. The average molecular weight is 466 g/mol. The lowest BCUT2D eigenvalue weighted by Crippen LogP contribution is -2.27. The molecule has 0 radical (unpaired) electrons. The first-order chi connectivity index (χ1) is 16.8. The molecule has 2 aromatic heterocycles. The summed E-state index contributed by atoms with van der Waals surface area (Å²) in [4.78, 5) is 12.3. The highest BCUT2D eigenvalue weighted by Gasteiger charge is 2.12. The molecule has 0 aliphatic heterocycles. The molecule has 0 unspecified atom stereocenters. The molecule has 168 valence electrons. The third-order valence-electron chi connectivity index (χ3n) is 5.43. The molecular weight excluding hydrogens is 442 g/mol. The van der Waals surface area contributed by atoms with Crippen LogP contribution >= 0.6 is 11.8 Å². The van der Waals surface area contributed by atoms with Crippen molar-refractivity contribution in [2.75, 3.05) is 12.3 Å². The number of benzene rings is 3. The molecule has 2 heterocycles. The molecule has 0 bridgehead atoms. The first-order valence-electron chi connectivity index (χ1n) is 11.1. The molecule has 5 rings (SSSR count). The van der Waals surface area contributed by atoms with E-state index in [-0.39, 0.29) is 11.7 Å². The Kier molecular flexibility index (Phi) is 6.63. The Bertz CT molecular complexity index is 1390. The third-order valence-corrected chi connectivity index (χ3v) is 6.35. The summed E-state index contributed by atoms with van der Waals surface area (Å²) in [5.74, 6) is 0.220. The SMILES string of the molecule is O=C(CSc1nnc2ccc(-c3ccc(-c4ccccc4)cc3)nn12)NCCc1ccccc1. The summed E-state index contributed by atoms with van der Waals surface area (Å²) in [5.41, 5.74) is 6.01. The highest BCUT2D eigenvalue weighted by atomic mass is 32.2. The summed E-state index contributed by atoms with van der Waals surface area (Å²) < 4.78 is 1.70. The number of nitrogens with zero attached hydrogens (tertiary/aromatic N) is 4. The Morgan fingerprint density at radius 3 is 2.21 bits per heavy atom. The zero-order chi connectivity index (χ0) is 23.2. The Labute approximate surface area is 202 Å². The smallest absolute Gasteiger partial charge is 0.230 e. The number of hydrogen-bond acceptors (Lipinski definition) is 5. The van der Waals surface area contributed by atoms with Gasteiger partial charge in [0.1, 0.15) is 0 Å². The van der Waals surface area contributed by atoms with Gasteiger partial charge in [-0.1, -0.05) is 96.7 Å². The van der Waals surface area contributed by atoms with Gasteiger partial charge in [0, 0.05) is 12.1 Å². The summed E-state index contributed by atoms with van der Waals surface area (Å²) >= 11 is 1.33. The molecule has 1 N–H and O–H groups in total. The Morgan fingerprint density at radius 2 is 1.44 bits per heavy atom. The van der Waals surface area contributed by atoms with E-state index in [0.29, 0.717) is 17.3 Å². The number of hydrogen-bond donors (Lipinski definition) is 1. The van der Waals surface area contributed by atoms with Gasteiger partial charge in [-0.3, -0.25) is 4.79 Å². The van der Waals surface area contributed by atoms with Crippen LogP contribution in [0.3, 0.4) is 0 Å². The van der Waals surface area contributed by atoms with E-state index >= 15 is 0 Å². The lowest BCUT2D eigenvalue weighted by molar-refractivity contribution is -0.118. The maximum absolute atomic E-state index is 12.3. The highest BCUT2D eigenvalue weighted by Crippen LogP contribution is 2.24. The van der Waals surface area contributed by atoms with Crippen LogP contribution in [0.2, 0.25) is 0 Å². The van der Waals surface area contributed by atoms with Crippen LogP contribution in [0.4, 0.5) is 0 Å². The second kappa shape index (κ2) is 10.3. The van der Waals surface area contributed by atoms with Gasteiger partial charge in [-0.2, -0.15) is 9.61 Å². The molecule has 5 aromatic rings. The predicted octanol–water partition coefficient (Wildman–Crippen LogP) is 4.91. The number of rotatable bonds is 8. The summed E-state index contributed by atoms with van der Waals surface area (Å²) in [7, 11) is 0. The number of thioether (sulfide) groups is 1. The fraction of sp³-hybridized carbons (Fsp3) is 0.111.